The molecule has 0 aliphatic carbocycles. The van der Waals surface area contributed by atoms with Crippen molar-refractivity contribution in [1.29, 1.82) is 0 Å². The summed E-state index contributed by atoms with van der Waals surface area (Å²) >= 11 is 1.46. The third-order valence-corrected chi connectivity index (χ3v) is 4.73. The van der Waals surface area contributed by atoms with Crippen molar-refractivity contribution in [3.05, 3.63) is 73.1 Å². The maximum atomic E-state index is 12.1. The van der Waals surface area contributed by atoms with E-state index in [1.165, 1.54) is 28.2 Å². The lowest BCUT2D eigenvalue weighted by Gasteiger charge is -2.06. The van der Waals surface area contributed by atoms with E-state index < -0.39 is 0 Å². The van der Waals surface area contributed by atoms with Gasteiger partial charge >= 0.3 is 5.97 Å². The summed E-state index contributed by atoms with van der Waals surface area (Å²) in [6, 6.07) is 21.3. The lowest BCUT2D eigenvalue weighted by molar-refractivity contribution is -0.131. The van der Waals surface area contributed by atoms with Crippen LogP contribution in [-0.4, -0.2) is 31.9 Å². The fraction of sp³-hybridized carbons (Fsp3) is 0.0526. The Kier molecular flexibility index (Phi) is 4.61. The van der Waals surface area contributed by atoms with E-state index >= 15 is 0 Å². The van der Waals surface area contributed by atoms with Crippen molar-refractivity contribution in [3.8, 4) is 11.4 Å². The molecule has 0 radical (unpaired) electrons. The first-order valence-electron chi connectivity index (χ1n) is 7.94. The van der Waals surface area contributed by atoms with Crippen LogP contribution in [0.15, 0.2) is 78.0 Å². The summed E-state index contributed by atoms with van der Waals surface area (Å²) in [6.45, 7) is 0. The van der Waals surface area contributed by atoms with Crippen LogP contribution in [0.5, 0.6) is 5.75 Å². The van der Waals surface area contributed by atoms with Gasteiger partial charge in [0.25, 0.3) is 0 Å². The van der Waals surface area contributed by atoms with E-state index in [1.54, 1.807) is 24.3 Å². The zero-order valence-electron chi connectivity index (χ0n) is 13.6. The Morgan fingerprint density at radius 3 is 2.58 bits per heavy atom. The first-order valence-corrected chi connectivity index (χ1v) is 8.92. The van der Waals surface area contributed by atoms with Gasteiger partial charge in [-0.3, -0.25) is 4.79 Å². The summed E-state index contributed by atoms with van der Waals surface area (Å²) in [5.41, 5.74) is 0.792. The predicted octanol–water partition coefficient (Wildman–Crippen LogP) is 3.51. The summed E-state index contributed by atoms with van der Waals surface area (Å²) in [7, 11) is 0. The summed E-state index contributed by atoms with van der Waals surface area (Å²) in [5, 5.41) is 13.3. The Morgan fingerprint density at radius 1 is 1.00 bits per heavy atom. The van der Waals surface area contributed by atoms with E-state index in [0.29, 0.717) is 5.75 Å². The first kappa shape index (κ1) is 16.3. The van der Waals surface area contributed by atoms with Gasteiger partial charge in [0, 0.05) is 4.90 Å². The second-order valence-electron chi connectivity index (χ2n) is 5.52. The average molecular weight is 362 g/mol. The molecular formula is C19H14N4O2S. The highest BCUT2D eigenvalue weighted by molar-refractivity contribution is 8.00. The van der Waals surface area contributed by atoms with Gasteiger partial charge in [0.15, 0.2) is 0 Å². The van der Waals surface area contributed by atoms with Crippen LogP contribution in [0.3, 0.4) is 0 Å². The Hall–Kier alpha value is -3.19. The van der Waals surface area contributed by atoms with Crippen molar-refractivity contribution in [2.75, 3.05) is 5.75 Å². The summed E-state index contributed by atoms with van der Waals surface area (Å²) in [5.74, 6) is 0.442. The Morgan fingerprint density at radius 2 is 1.81 bits per heavy atom. The van der Waals surface area contributed by atoms with Gasteiger partial charge in [0.1, 0.15) is 12.1 Å². The molecule has 4 rings (SSSR count). The fourth-order valence-electron chi connectivity index (χ4n) is 2.51. The standard InChI is InChI=1S/C19H14N4O2S/c24-19(12-26-18-10-5-14-3-1-2-4-15(14)11-18)25-17-8-6-16(7-9-17)23-13-20-21-22-23/h1-11,13H,12H2. The highest BCUT2D eigenvalue weighted by Crippen LogP contribution is 2.24. The molecule has 0 unspecified atom stereocenters. The molecule has 1 heterocycles. The van der Waals surface area contributed by atoms with E-state index in [2.05, 4.69) is 39.8 Å². The summed E-state index contributed by atoms with van der Waals surface area (Å²) < 4.78 is 6.90. The molecule has 0 amide bonds. The van der Waals surface area contributed by atoms with Crippen LogP contribution in [0.1, 0.15) is 0 Å². The second kappa shape index (κ2) is 7.37. The zero-order valence-corrected chi connectivity index (χ0v) is 14.5. The van der Waals surface area contributed by atoms with Gasteiger partial charge in [0.2, 0.25) is 0 Å². The topological polar surface area (TPSA) is 69.9 Å². The average Bonchev–Trinajstić information content (AvgIpc) is 3.22. The van der Waals surface area contributed by atoms with Crippen LogP contribution in [-0.2, 0) is 4.79 Å². The van der Waals surface area contributed by atoms with E-state index in [1.807, 2.05) is 18.2 Å². The van der Waals surface area contributed by atoms with E-state index in [-0.39, 0.29) is 11.7 Å². The molecule has 0 N–H and O–H groups in total. The second-order valence-corrected chi connectivity index (χ2v) is 6.57. The lowest BCUT2D eigenvalue weighted by atomic mass is 10.1. The highest BCUT2D eigenvalue weighted by atomic mass is 32.2. The van der Waals surface area contributed by atoms with Crippen molar-refractivity contribution < 1.29 is 9.53 Å². The first-order chi connectivity index (χ1) is 12.8. The summed E-state index contributed by atoms with van der Waals surface area (Å²) in [4.78, 5) is 13.1. The number of nitrogens with zero attached hydrogens (tertiary/aromatic N) is 4. The number of carbonyl (C=O) groups is 1. The number of esters is 1. The lowest BCUT2D eigenvalue weighted by Crippen LogP contribution is -2.10. The Balaban J connectivity index is 1.36. The van der Waals surface area contributed by atoms with Crippen LogP contribution in [0.25, 0.3) is 16.5 Å². The maximum absolute atomic E-state index is 12.1. The molecule has 0 atom stereocenters. The molecule has 128 valence electrons. The van der Waals surface area contributed by atoms with Gasteiger partial charge in [-0.2, -0.15) is 0 Å². The minimum absolute atomic E-state index is 0.243. The quantitative estimate of drug-likeness (QED) is 0.307. The van der Waals surface area contributed by atoms with Gasteiger partial charge in [-0.05, 0) is 57.6 Å². The largest absolute Gasteiger partial charge is 0.426 e. The minimum atomic E-state index is -0.293. The maximum Gasteiger partial charge on any atom is 0.321 e. The molecule has 1 aromatic heterocycles. The number of hydrogen-bond acceptors (Lipinski definition) is 6. The van der Waals surface area contributed by atoms with Crippen LogP contribution >= 0.6 is 11.8 Å². The van der Waals surface area contributed by atoms with Gasteiger partial charge in [0.05, 0.1) is 11.4 Å². The molecule has 0 saturated carbocycles. The fourth-order valence-corrected chi connectivity index (χ4v) is 3.22. The van der Waals surface area contributed by atoms with Crippen molar-refractivity contribution in [3.63, 3.8) is 0 Å². The molecule has 3 aromatic carbocycles. The van der Waals surface area contributed by atoms with E-state index in [4.69, 9.17) is 4.74 Å². The van der Waals surface area contributed by atoms with Crippen LogP contribution in [0, 0.1) is 0 Å². The number of hydrogen-bond donors (Lipinski definition) is 0. The number of benzene rings is 3. The van der Waals surface area contributed by atoms with Crippen molar-refractivity contribution in [2.24, 2.45) is 0 Å². The third-order valence-electron chi connectivity index (χ3n) is 3.76. The number of fused-ring (bicyclic) bond motifs is 1. The minimum Gasteiger partial charge on any atom is -0.426 e. The van der Waals surface area contributed by atoms with Crippen molar-refractivity contribution >= 4 is 28.5 Å². The van der Waals surface area contributed by atoms with Gasteiger partial charge in [-0.1, -0.05) is 30.3 Å². The molecule has 0 saturated heterocycles. The Labute approximate surface area is 153 Å². The number of rotatable bonds is 5. The van der Waals surface area contributed by atoms with Crippen LogP contribution < -0.4 is 4.74 Å². The molecule has 7 heteroatoms. The van der Waals surface area contributed by atoms with Gasteiger partial charge in [-0.25, -0.2) is 4.68 Å². The number of tetrazole rings is 1. The van der Waals surface area contributed by atoms with E-state index in [0.717, 1.165) is 16.0 Å². The molecule has 4 aromatic rings. The number of ether oxygens (including phenoxy) is 1. The van der Waals surface area contributed by atoms with Crippen molar-refractivity contribution in [2.45, 2.75) is 4.90 Å². The summed E-state index contributed by atoms with van der Waals surface area (Å²) in [6.07, 6.45) is 1.50. The normalized spacial score (nSPS) is 10.8. The molecular weight excluding hydrogens is 348 g/mol. The Bertz CT molecular complexity index is 1030. The van der Waals surface area contributed by atoms with Gasteiger partial charge in [-0.15, -0.1) is 16.9 Å². The molecule has 6 nitrogen and oxygen atoms in total. The smallest absolute Gasteiger partial charge is 0.321 e. The zero-order chi connectivity index (χ0) is 17.8. The predicted molar refractivity (Wildman–Crippen MR) is 99.5 cm³/mol. The van der Waals surface area contributed by atoms with Gasteiger partial charge < -0.3 is 4.74 Å². The number of thioether (sulfide) groups is 1. The third kappa shape index (κ3) is 3.73. The SMILES string of the molecule is O=C(CSc1ccc2ccccc2c1)Oc1ccc(-n2cnnn2)cc1. The van der Waals surface area contributed by atoms with Crippen LogP contribution in [0.4, 0.5) is 0 Å². The monoisotopic (exact) mass is 362 g/mol. The molecule has 0 spiro atoms. The van der Waals surface area contributed by atoms with Crippen molar-refractivity contribution in [1.82, 2.24) is 20.2 Å². The van der Waals surface area contributed by atoms with E-state index in [9.17, 15) is 4.79 Å². The highest BCUT2D eigenvalue weighted by Gasteiger charge is 2.07. The molecule has 26 heavy (non-hydrogen) atoms. The molecule has 0 aliphatic heterocycles. The molecule has 0 fully saturated rings. The number of aromatic nitrogens is 4. The molecule has 0 aliphatic rings. The molecule has 0 bridgehead atoms. The number of carbonyl (C=O) groups excluding carboxylic acids is 1. The van der Waals surface area contributed by atoms with Crippen LogP contribution in [0.2, 0.25) is 0 Å².